The summed E-state index contributed by atoms with van der Waals surface area (Å²) >= 11 is 5.97. The third-order valence-corrected chi connectivity index (χ3v) is 8.68. The second-order valence-corrected chi connectivity index (χ2v) is 11.7. The Bertz CT molecular complexity index is 1060. The van der Waals surface area contributed by atoms with Crippen LogP contribution >= 0.6 is 11.6 Å². The van der Waals surface area contributed by atoms with Crippen LogP contribution in [0.1, 0.15) is 94.2 Å². The number of rotatable bonds is 13. The van der Waals surface area contributed by atoms with Crippen LogP contribution in [0.2, 0.25) is 5.02 Å². The van der Waals surface area contributed by atoms with E-state index in [1.165, 1.54) is 94.6 Å². The van der Waals surface area contributed by atoms with Crippen molar-refractivity contribution in [1.29, 1.82) is 0 Å². The second-order valence-electron chi connectivity index (χ2n) is 11.3. The third kappa shape index (κ3) is 8.99. The molecule has 0 radical (unpaired) electrons. The Morgan fingerprint density at radius 2 is 1.19 bits per heavy atom. The number of aryl methyl sites for hydroxylation is 3. The van der Waals surface area contributed by atoms with Crippen molar-refractivity contribution >= 4 is 11.6 Å². The Kier molecular flexibility index (Phi) is 11.1. The highest BCUT2D eigenvalue weighted by molar-refractivity contribution is 6.30. The molecule has 198 valence electrons. The molecule has 0 aromatic heterocycles. The predicted molar refractivity (Wildman–Crippen MR) is 158 cm³/mol. The zero-order valence-electron chi connectivity index (χ0n) is 22.7. The summed E-state index contributed by atoms with van der Waals surface area (Å²) in [6, 6.07) is 22.6. The first kappa shape index (κ1) is 27.9. The van der Waals surface area contributed by atoms with Crippen LogP contribution in [-0.2, 0) is 19.3 Å². The van der Waals surface area contributed by atoms with Gasteiger partial charge in [0.15, 0.2) is 0 Å². The molecule has 0 atom stereocenters. The molecule has 0 saturated heterocycles. The van der Waals surface area contributed by atoms with Gasteiger partial charge in [-0.15, -0.1) is 0 Å². The van der Waals surface area contributed by atoms with Crippen molar-refractivity contribution in [1.82, 2.24) is 0 Å². The Hall–Kier alpha value is -2.12. The highest BCUT2D eigenvalue weighted by atomic mass is 35.5. The SMILES string of the molecule is CCCCCCCc1ccc(CC[C@H]2CC[C@H](CCc3ccc(-c4ccc(Cl)cc4)c(F)c3)CC2)cc1. The van der Waals surface area contributed by atoms with Gasteiger partial charge in [0.05, 0.1) is 0 Å². The average molecular weight is 519 g/mol. The van der Waals surface area contributed by atoms with Gasteiger partial charge in [-0.25, -0.2) is 4.39 Å². The largest absolute Gasteiger partial charge is 0.206 e. The van der Waals surface area contributed by atoms with Gasteiger partial charge in [-0.2, -0.15) is 0 Å². The lowest BCUT2D eigenvalue weighted by atomic mass is 9.77. The van der Waals surface area contributed by atoms with Gasteiger partial charge in [0.2, 0.25) is 0 Å². The van der Waals surface area contributed by atoms with E-state index < -0.39 is 0 Å². The summed E-state index contributed by atoms with van der Waals surface area (Å²) in [4.78, 5) is 0. The van der Waals surface area contributed by atoms with Gasteiger partial charge in [0.25, 0.3) is 0 Å². The summed E-state index contributed by atoms with van der Waals surface area (Å²) in [5.74, 6) is 1.51. The maximum absolute atomic E-state index is 14.8. The molecular weight excluding hydrogens is 475 g/mol. The van der Waals surface area contributed by atoms with Gasteiger partial charge >= 0.3 is 0 Å². The molecule has 3 aromatic carbocycles. The summed E-state index contributed by atoms with van der Waals surface area (Å²) in [6.07, 6.45) is 18.0. The zero-order valence-corrected chi connectivity index (χ0v) is 23.4. The van der Waals surface area contributed by atoms with E-state index in [1.807, 2.05) is 30.3 Å². The van der Waals surface area contributed by atoms with Crippen LogP contribution in [0.3, 0.4) is 0 Å². The van der Waals surface area contributed by atoms with Gasteiger partial charge < -0.3 is 0 Å². The number of benzene rings is 3. The summed E-state index contributed by atoms with van der Waals surface area (Å²) in [5, 5.41) is 0.674. The molecule has 2 heteroatoms. The van der Waals surface area contributed by atoms with Gasteiger partial charge in [0.1, 0.15) is 5.82 Å². The van der Waals surface area contributed by atoms with Gasteiger partial charge in [-0.1, -0.05) is 118 Å². The summed E-state index contributed by atoms with van der Waals surface area (Å²) in [5.41, 5.74) is 5.64. The van der Waals surface area contributed by atoms with Crippen LogP contribution in [-0.4, -0.2) is 0 Å². The van der Waals surface area contributed by atoms with E-state index in [9.17, 15) is 4.39 Å². The van der Waals surface area contributed by atoms with E-state index in [-0.39, 0.29) is 5.82 Å². The molecule has 0 aliphatic heterocycles. The molecule has 0 N–H and O–H groups in total. The fourth-order valence-corrected chi connectivity index (χ4v) is 6.06. The molecule has 0 spiro atoms. The zero-order chi connectivity index (χ0) is 25.9. The van der Waals surface area contributed by atoms with E-state index in [0.717, 1.165) is 29.4 Å². The monoisotopic (exact) mass is 518 g/mol. The molecule has 3 aromatic rings. The number of hydrogen-bond donors (Lipinski definition) is 0. The Balaban J connectivity index is 1.14. The number of unbranched alkanes of at least 4 members (excludes halogenated alkanes) is 4. The first-order chi connectivity index (χ1) is 18.1. The fraction of sp³-hybridized carbons (Fsp3) is 0.486. The minimum Gasteiger partial charge on any atom is -0.206 e. The number of halogens is 2. The highest BCUT2D eigenvalue weighted by Gasteiger charge is 2.21. The quantitative estimate of drug-likeness (QED) is 0.197. The fourth-order valence-electron chi connectivity index (χ4n) is 5.93. The molecule has 1 fully saturated rings. The highest BCUT2D eigenvalue weighted by Crippen LogP contribution is 2.34. The van der Waals surface area contributed by atoms with E-state index in [0.29, 0.717) is 10.6 Å². The van der Waals surface area contributed by atoms with E-state index in [4.69, 9.17) is 11.6 Å². The summed E-state index contributed by atoms with van der Waals surface area (Å²) in [6.45, 7) is 2.28. The van der Waals surface area contributed by atoms with Crippen LogP contribution in [0.5, 0.6) is 0 Å². The van der Waals surface area contributed by atoms with E-state index in [2.05, 4.69) is 37.3 Å². The molecule has 0 bridgehead atoms. The molecule has 0 heterocycles. The van der Waals surface area contributed by atoms with Crippen LogP contribution in [0.25, 0.3) is 11.1 Å². The minimum absolute atomic E-state index is 0.136. The van der Waals surface area contributed by atoms with Crippen molar-refractivity contribution in [2.45, 2.75) is 96.8 Å². The Morgan fingerprint density at radius 1 is 0.649 bits per heavy atom. The van der Waals surface area contributed by atoms with Crippen molar-refractivity contribution in [2.24, 2.45) is 11.8 Å². The van der Waals surface area contributed by atoms with Gasteiger partial charge in [0, 0.05) is 10.6 Å². The van der Waals surface area contributed by atoms with Crippen LogP contribution < -0.4 is 0 Å². The predicted octanol–water partition coefficient (Wildman–Crippen LogP) is 11.0. The van der Waals surface area contributed by atoms with Crippen molar-refractivity contribution in [2.75, 3.05) is 0 Å². The molecule has 37 heavy (non-hydrogen) atoms. The van der Waals surface area contributed by atoms with E-state index >= 15 is 0 Å². The van der Waals surface area contributed by atoms with E-state index in [1.54, 1.807) is 6.07 Å². The lowest BCUT2D eigenvalue weighted by molar-refractivity contribution is 0.253. The summed E-state index contributed by atoms with van der Waals surface area (Å²) in [7, 11) is 0. The first-order valence-corrected chi connectivity index (χ1v) is 15.1. The smallest absolute Gasteiger partial charge is 0.131 e. The Morgan fingerprint density at radius 3 is 1.78 bits per heavy atom. The van der Waals surface area contributed by atoms with Crippen molar-refractivity contribution in [3.63, 3.8) is 0 Å². The molecular formula is C35H44ClF. The van der Waals surface area contributed by atoms with Crippen LogP contribution in [0, 0.1) is 17.7 Å². The van der Waals surface area contributed by atoms with Crippen molar-refractivity contribution in [3.8, 4) is 11.1 Å². The molecule has 1 aliphatic rings. The van der Waals surface area contributed by atoms with Gasteiger partial charge in [-0.3, -0.25) is 0 Å². The lowest BCUT2D eigenvalue weighted by Gasteiger charge is -2.28. The van der Waals surface area contributed by atoms with Crippen LogP contribution in [0.15, 0.2) is 66.7 Å². The van der Waals surface area contributed by atoms with Crippen molar-refractivity contribution < 1.29 is 4.39 Å². The third-order valence-electron chi connectivity index (χ3n) is 8.43. The maximum Gasteiger partial charge on any atom is 0.131 e. The summed E-state index contributed by atoms with van der Waals surface area (Å²) < 4.78 is 14.8. The molecule has 1 saturated carbocycles. The molecule has 0 nitrogen and oxygen atoms in total. The van der Waals surface area contributed by atoms with Crippen molar-refractivity contribution in [3.05, 3.63) is 94.3 Å². The van der Waals surface area contributed by atoms with Crippen LogP contribution in [0.4, 0.5) is 4.39 Å². The Labute approximate surface area is 229 Å². The standard InChI is InChI=1S/C35H44ClF/c1-2-3-4-5-6-7-27-8-10-28(11-9-27)12-13-29-14-16-30(17-15-29)18-19-31-20-25-34(35(37)26-31)32-21-23-33(36)24-22-32/h8-11,20-26,29-30H,2-7,12-19H2,1H3/t29-,30-. The molecule has 0 unspecified atom stereocenters. The van der Waals surface area contributed by atoms with Gasteiger partial charge in [-0.05, 0) is 90.8 Å². The number of hydrogen-bond acceptors (Lipinski definition) is 0. The molecule has 4 rings (SSSR count). The second kappa shape index (κ2) is 14.7. The molecule has 1 aliphatic carbocycles. The average Bonchev–Trinajstić information content (AvgIpc) is 2.92. The lowest BCUT2D eigenvalue weighted by Crippen LogP contribution is -2.15. The first-order valence-electron chi connectivity index (χ1n) is 14.7. The topological polar surface area (TPSA) is 0 Å². The maximum atomic E-state index is 14.8. The normalized spacial score (nSPS) is 17.7. The minimum atomic E-state index is -0.136. The molecule has 0 amide bonds.